The molecule has 0 radical (unpaired) electrons. The van der Waals surface area contributed by atoms with Crippen LogP contribution >= 0.6 is 0 Å². The first kappa shape index (κ1) is 21.4. The number of carbonyl (C=O) groups is 1. The highest BCUT2D eigenvalue weighted by molar-refractivity contribution is 6.03. The zero-order valence-electron chi connectivity index (χ0n) is 18.4. The Morgan fingerprint density at radius 2 is 1.81 bits per heavy atom. The van der Waals surface area contributed by atoms with Gasteiger partial charge in [-0.2, -0.15) is 0 Å². The number of carbonyl (C=O) groups excluding carboxylic acids is 1. The lowest BCUT2D eigenvalue weighted by atomic mass is 10.00. The molecule has 0 bridgehead atoms. The molecule has 0 saturated heterocycles. The summed E-state index contributed by atoms with van der Waals surface area (Å²) < 4.78 is 14.3. The van der Waals surface area contributed by atoms with Crippen LogP contribution in [0.1, 0.15) is 35.5 Å². The maximum atomic E-state index is 14.3. The third-order valence-electron chi connectivity index (χ3n) is 5.31. The fourth-order valence-corrected chi connectivity index (χ4v) is 3.44. The van der Waals surface area contributed by atoms with E-state index in [2.05, 4.69) is 25.6 Å². The van der Waals surface area contributed by atoms with Crippen LogP contribution in [0.2, 0.25) is 0 Å². The topological polar surface area (TPSA) is 79.8 Å². The summed E-state index contributed by atoms with van der Waals surface area (Å²) >= 11 is 0. The van der Waals surface area contributed by atoms with Crippen LogP contribution in [0.3, 0.4) is 0 Å². The van der Waals surface area contributed by atoms with E-state index in [0.29, 0.717) is 11.3 Å². The van der Waals surface area contributed by atoms with Gasteiger partial charge >= 0.3 is 0 Å². The molecule has 1 aromatic carbocycles. The van der Waals surface area contributed by atoms with Gasteiger partial charge in [0.2, 0.25) is 0 Å². The highest BCUT2D eigenvalue weighted by atomic mass is 19.1. The van der Waals surface area contributed by atoms with Crippen LogP contribution in [-0.2, 0) is 5.67 Å². The number of aryl methyl sites for hydroxylation is 1. The monoisotopic (exact) mass is 429 g/mol. The van der Waals surface area contributed by atoms with E-state index in [1.807, 2.05) is 50.5 Å². The van der Waals surface area contributed by atoms with Crippen LogP contribution in [-0.4, -0.2) is 27.9 Å². The summed E-state index contributed by atoms with van der Waals surface area (Å²) in [5.41, 5.74) is 3.38. The number of benzene rings is 1. The number of hydrogen-bond donors (Lipinski definition) is 2. The molecule has 4 aromatic rings. The molecule has 0 aliphatic carbocycles. The van der Waals surface area contributed by atoms with E-state index in [0.717, 1.165) is 33.4 Å². The SMILES string of the molecule is CNc1cc2ncc(-c3cc(NC(=O)c4cc(C(C)(C)F)ccn4)ccc3C)cc2cn1. The molecule has 3 heterocycles. The summed E-state index contributed by atoms with van der Waals surface area (Å²) in [4.78, 5) is 25.8. The standard InChI is InChI=1S/C25H24FN5O/c1-15-5-6-19(31-24(32)22-10-18(7-8-28-22)25(2,3)26)11-20(15)16-9-17-14-30-23(27-4)12-21(17)29-13-16/h5-14H,1-4H3,(H,27,30)(H,31,32). The Morgan fingerprint density at radius 1 is 1.00 bits per heavy atom. The van der Waals surface area contributed by atoms with Gasteiger partial charge in [-0.05, 0) is 67.8 Å². The number of rotatable bonds is 5. The Morgan fingerprint density at radius 3 is 2.56 bits per heavy atom. The molecule has 0 spiro atoms. The summed E-state index contributed by atoms with van der Waals surface area (Å²) in [5.74, 6) is 0.360. The molecule has 4 rings (SSSR count). The molecule has 6 nitrogen and oxygen atoms in total. The van der Waals surface area contributed by atoms with Crippen LogP contribution < -0.4 is 10.6 Å². The van der Waals surface area contributed by atoms with E-state index < -0.39 is 11.6 Å². The van der Waals surface area contributed by atoms with Gasteiger partial charge in [0.05, 0.1) is 5.52 Å². The molecule has 162 valence electrons. The molecular formula is C25H24FN5O. The number of amides is 1. The van der Waals surface area contributed by atoms with Crippen molar-refractivity contribution in [3.05, 3.63) is 77.9 Å². The second-order valence-corrected chi connectivity index (χ2v) is 8.12. The van der Waals surface area contributed by atoms with Gasteiger partial charge in [-0.1, -0.05) is 6.07 Å². The van der Waals surface area contributed by atoms with Crippen molar-refractivity contribution in [2.75, 3.05) is 17.7 Å². The summed E-state index contributed by atoms with van der Waals surface area (Å²) in [6.07, 6.45) is 5.04. The molecular weight excluding hydrogens is 405 g/mol. The van der Waals surface area contributed by atoms with Crippen molar-refractivity contribution in [2.45, 2.75) is 26.4 Å². The molecule has 32 heavy (non-hydrogen) atoms. The molecule has 0 fully saturated rings. The van der Waals surface area contributed by atoms with Crippen molar-refractivity contribution in [3.63, 3.8) is 0 Å². The number of hydrogen-bond acceptors (Lipinski definition) is 5. The number of aromatic nitrogens is 3. The van der Waals surface area contributed by atoms with Gasteiger partial charge < -0.3 is 10.6 Å². The summed E-state index contributed by atoms with van der Waals surface area (Å²) in [5, 5.41) is 6.79. The first-order valence-electron chi connectivity index (χ1n) is 10.3. The summed E-state index contributed by atoms with van der Waals surface area (Å²) in [6.45, 7) is 4.90. The van der Waals surface area contributed by atoms with E-state index in [9.17, 15) is 9.18 Å². The molecule has 0 saturated carbocycles. The first-order chi connectivity index (χ1) is 15.2. The fraction of sp³-hybridized carbons (Fsp3) is 0.200. The number of pyridine rings is 3. The minimum atomic E-state index is -1.55. The third-order valence-corrected chi connectivity index (χ3v) is 5.31. The third kappa shape index (κ3) is 4.42. The van der Waals surface area contributed by atoms with Gasteiger partial charge in [-0.15, -0.1) is 0 Å². The highest BCUT2D eigenvalue weighted by Crippen LogP contribution is 2.29. The number of nitrogens with zero attached hydrogens (tertiary/aromatic N) is 3. The Bertz CT molecular complexity index is 1310. The minimum Gasteiger partial charge on any atom is -0.373 e. The van der Waals surface area contributed by atoms with Gasteiger partial charge in [0.15, 0.2) is 0 Å². The molecule has 0 aliphatic heterocycles. The largest absolute Gasteiger partial charge is 0.373 e. The fourth-order valence-electron chi connectivity index (χ4n) is 3.44. The predicted octanol–water partition coefficient (Wildman–Crippen LogP) is 5.50. The predicted molar refractivity (Wildman–Crippen MR) is 126 cm³/mol. The second kappa shape index (κ2) is 8.34. The lowest BCUT2D eigenvalue weighted by Crippen LogP contribution is -2.16. The molecule has 3 aromatic heterocycles. The Hall–Kier alpha value is -3.87. The Kier molecular flexibility index (Phi) is 5.57. The van der Waals surface area contributed by atoms with Gasteiger partial charge in [-0.25, -0.2) is 9.37 Å². The van der Waals surface area contributed by atoms with Gasteiger partial charge in [-0.3, -0.25) is 14.8 Å². The smallest absolute Gasteiger partial charge is 0.274 e. The van der Waals surface area contributed by atoms with E-state index in [1.54, 1.807) is 12.3 Å². The highest BCUT2D eigenvalue weighted by Gasteiger charge is 2.20. The van der Waals surface area contributed by atoms with Crippen LogP contribution in [0.4, 0.5) is 15.9 Å². The Balaban J connectivity index is 1.63. The average Bonchev–Trinajstić information content (AvgIpc) is 2.79. The second-order valence-electron chi connectivity index (χ2n) is 8.12. The maximum Gasteiger partial charge on any atom is 0.274 e. The number of nitrogens with one attached hydrogen (secondary N) is 2. The summed E-state index contributed by atoms with van der Waals surface area (Å²) in [7, 11) is 1.82. The van der Waals surface area contributed by atoms with E-state index in [-0.39, 0.29) is 5.69 Å². The number of fused-ring (bicyclic) bond motifs is 1. The van der Waals surface area contributed by atoms with E-state index in [4.69, 9.17) is 0 Å². The van der Waals surface area contributed by atoms with Gasteiger partial charge in [0, 0.05) is 48.3 Å². The number of alkyl halides is 1. The molecule has 0 atom stereocenters. The van der Waals surface area contributed by atoms with Crippen molar-refractivity contribution < 1.29 is 9.18 Å². The lowest BCUT2D eigenvalue weighted by molar-refractivity contribution is 0.102. The van der Waals surface area contributed by atoms with Crippen molar-refractivity contribution in [2.24, 2.45) is 0 Å². The van der Waals surface area contributed by atoms with Crippen molar-refractivity contribution >= 4 is 28.3 Å². The minimum absolute atomic E-state index is 0.161. The number of anilines is 2. The van der Waals surface area contributed by atoms with Crippen LogP contribution in [0, 0.1) is 6.92 Å². The zero-order valence-corrected chi connectivity index (χ0v) is 18.4. The van der Waals surface area contributed by atoms with Crippen molar-refractivity contribution in [1.29, 1.82) is 0 Å². The molecule has 7 heteroatoms. The van der Waals surface area contributed by atoms with E-state index in [1.165, 1.54) is 26.1 Å². The van der Waals surface area contributed by atoms with Crippen LogP contribution in [0.5, 0.6) is 0 Å². The molecule has 0 unspecified atom stereocenters. The molecule has 1 amide bonds. The maximum absolute atomic E-state index is 14.3. The Labute approximate surface area is 186 Å². The quantitative estimate of drug-likeness (QED) is 0.438. The summed E-state index contributed by atoms with van der Waals surface area (Å²) in [6, 6.07) is 12.6. The first-order valence-corrected chi connectivity index (χ1v) is 10.3. The van der Waals surface area contributed by atoms with E-state index >= 15 is 0 Å². The number of halogens is 1. The molecule has 2 N–H and O–H groups in total. The molecule has 0 aliphatic rings. The van der Waals surface area contributed by atoms with Gasteiger partial charge in [0.1, 0.15) is 17.2 Å². The van der Waals surface area contributed by atoms with Crippen LogP contribution in [0.25, 0.3) is 22.0 Å². The van der Waals surface area contributed by atoms with Crippen LogP contribution in [0.15, 0.2) is 61.1 Å². The van der Waals surface area contributed by atoms with Gasteiger partial charge in [0.25, 0.3) is 5.91 Å². The van der Waals surface area contributed by atoms with Crippen molar-refractivity contribution in [1.82, 2.24) is 15.0 Å². The normalized spacial score (nSPS) is 11.4. The lowest BCUT2D eigenvalue weighted by Gasteiger charge is -2.15. The zero-order chi connectivity index (χ0) is 22.9. The van der Waals surface area contributed by atoms with Crippen molar-refractivity contribution in [3.8, 4) is 11.1 Å². The average molecular weight is 429 g/mol.